The summed E-state index contributed by atoms with van der Waals surface area (Å²) in [4.78, 5) is 37.5. The molecule has 32 heavy (non-hydrogen) atoms. The third kappa shape index (κ3) is 7.54. The maximum absolute atomic E-state index is 12.9. The van der Waals surface area contributed by atoms with Crippen molar-refractivity contribution in [1.82, 2.24) is 10.6 Å². The topological polar surface area (TPSA) is 84.5 Å². The maximum atomic E-state index is 12.9. The fraction of sp³-hybridized carbons (Fsp3) is 0.320. The molecule has 1 heterocycles. The highest BCUT2D eigenvalue weighted by Crippen LogP contribution is 2.19. The number of amides is 2. The summed E-state index contributed by atoms with van der Waals surface area (Å²) in [6.07, 6.45) is 4.41. The van der Waals surface area contributed by atoms with Crippen LogP contribution in [0.15, 0.2) is 66.7 Å². The van der Waals surface area contributed by atoms with Gasteiger partial charge in [0.05, 0.1) is 12.5 Å². The van der Waals surface area contributed by atoms with Crippen LogP contribution < -0.4 is 10.6 Å². The van der Waals surface area contributed by atoms with E-state index in [0.717, 1.165) is 11.1 Å². The molecule has 1 aliphatic heterocycles. The molecule has 7 heteroatoms. The van der Waals surface area contributed by atoms with Gasteiger partial charge in [-0.1, -0.05) is 66.2 Å². The van der Waals surface area contributed by atoms with E-state index >= 15 is 0 Å². The molecule has 0 bridgehead atoms. The fourth-order valence-electron chi connectivity index (χ4n) is 3.41. The van der Waals surface area contributed by atoms with Crippen molar-refractivity contribution in [3.05, 3.63) is 82.9 Å². The number of carbonyl (C=O) groups excluding carboxylic acids is 3. The summed E-state index contributed by atoms with van der Waals surface area (Å²) in [6.45, 7) is 0.521. The average Bonchev–Trinajstić information content (AvgIpc) is 2.80. The molecule has 2 N–H and O–H groups in total. The molecule has 0 saturated carbocycles. The predicted octanol–water partition coefficient (Wildman–Crippen LogP) is 4.10. The van der Waals surface area contributed by atoms with E-state index in [1.54, 1.807) is 12.1 Å². The number of rotatable bonds is 5. The number of allylic oxidation sites excluding steroid dienone is 2. The first-order valence-corrected chi connectivity index (χ1v) is 11.1. The van der Waals surface area contributed by atoms with Gasteiger partial charge in [-0.25, -0.2) is 0 Å². The number of esters is 1. The molecule has 2 aromatic rings. The van der Waals surface area contributed by atoms with E-state index in [2.05, 4.69) is 10.6 Å². The molecule has 0 aliphatic carbocycles. The number of carbonyl (C=O) groups is 3. The highest BCUT2D eigenvalue weighted by Gasteiger charge is 2.24. The first-order valence-electron chi connectivity index (χ1n) is 10.7. The number of hydrogen-bond acceptors (Lipinski definition) is 4. The first kappa shape index (κ1) is 23.5. The lowest BCUT2D eigenvalue weighted by Gasteiger charge is -2.21. The molecule has 3 rings (SSSR count). The van der Waals surface area contributed by atoms with Crippen LogP contribution in [0.25, 0.3) is 0 Å². The minimum atomic E-state index is -0.574. The molecule has 2 atom stereocenters. The van der Waals surface area contributed by atoms with Gasteiger partial charge in [0.15, 0.2) is 0 Å². The van der Waals surface area contributed by atoms with Crippen LogP contribution in [0.5, 0.6) is 0 Å². The summed E-state index contributed by atoms with van der Waals surface area (Å²) >= 11 is 5.89. The van der Waals surface area contributed by atoms with Crippen LogP contribution in [-0.2, 0) is 25.7 Å². The molecule has 0 fully saturated rings. The van der Waals surface area contributed by atoms with Gasteiger partial charge in [0.1, 0.15) is 6.10 Å². The largest absolute Gasteiger partial charge is 0.456 e. The summed E-state index contributed by atoms with van der Waals surface area (Å²) in [5.74, 6) is -1.26. The van der Waals surface area contributed by atoms with Gasteiger partial charge >= 0.3 is 5.97 Å². The normalized spacial score (nSPS) is 20.8. The van der Waals surface area contributed by atoms with Crippen LogP contribution >= 0.6 is 11.6 Å². The summed E-state index contributed by atoms with van der Waals surface area (Å²) in [5.41, 5.74) is 1.74. The molecule has 0 unspecified atom stereocenters. The number of hydrogen-bond donors (Lipinski definition) is 2. The Morgan fingerprint density at radius 3 is 2.56 bits per heavy atom. The number of halogens is 1. The molecule has 1 aliphatic rings. The average molecular weight is 455 g/mol. The molecule has 0 spiro atoms. The Bertz CT molecular complexity index is 944. The van der Waals surface area contributed by atoms with Crippen LogP contribution in [0.4, 0.5) is 0 Å². The Morgan fingerprint density at radius 2 is 1.81 bits per heavy atom. The molecule has 2 aromatic carbocycles. The van der Waals surface area contributed by atoms with Crippen molar-refractivity contribution in [3.63, 3.8) is 0 Å². The van der Waals surface area contributed by atoms with Gasteiger partial charge < -0.3 is 15.4 Å². The molecule has 0 saturated heterocycles. The van der Waals surface area contributed by atoms with Crippen molar-refractivity contribution < 1.29 is 19.1 Å². The Kier molecular flexibility index (Phi) is 8.87. The number of benzene rings is 2. The summed E-state index contributed by atoms with van der Waals surface area (Å²) in [7, 11) is 0. The first-order chi connectivity index (χ1) is 15.5. The van der Waals surface area contributed by atoms with Gasteiger partial charge in [-0.15, -0.1) is 0 Å². The fourth-order valence-corrected chi connectivity index (χ4v) is 3.54. The number of cyclic esters (lactones) is 1. The Balaban J connectivity index is 1.62. The highest BCUT2D eigenvalue weighted by atomic mass is 35.5. The smallest absolute Gasteiger partial charge is 0.306 e. The van der Waals surface area contributed by atoms with E-state index in [1.807, 2.05) is 54.6 Å². The van der Waals surface area contributed by atoms with Gasteiger partial charge in [0.2, 0.25) is 11.8 Å². The van der Waals surface area contributed by atoms with Crippen LogP contribution in [0.2, 0.25) is 5.02 Å². The molecular formula is C25H27ClN2O4. The van der Waals surface area contributed by atoms with Crippen molar-refractivity contribution >= 4 is 29.4 Å². The van der Waals surface area contributed by atoms with Gasteiger partial charge in [-0.05, 0) is 36.1 Å². The maximum Gasteiger partial charge on any atom is 0.306 e. The lowest BCUT2D eigenvalue weighted by molar-refractivity contribution is -0.150. The standard InChI is InChI=1S/C25H27ClN2O4/c26-21-13-11-18(12-14-21)16-27-23(29)15-20-9-5-2-6-10-24(30)32-22(17-28-25(20)31)19-7-3-1-4-8-19/h1-5,7-8,11-14,20,22H,6,9-10,15-17H2,(H,27,29)(H,28,31)/b5-2+/t20-,22+/m1/s1. The summed E-state index contributed by atoms with van der Waals surface area (Å²) in [5, 5.41) is 6.35. The van der Waals surface area contributed by atoms with E-state index in [9.17, 15) is 14.4 Å². The lowest BCUT2D eigenvalue weighted by atomic mass is 9.98. The van der Waals surface area contributed by atoms with Crippen LogP contribution in [0.1, 0.15) is 42.9 Å². The number of ether oxygens (including phenoxy) is 1. The summed E-state index contributed by atoms with van der Waals surface area (Å²) in [6, 6.07) is 16.5. The zero-order chi connectivity index (χ0) is 22.8. The van der Waals surface area contributed by atoms with Crippen LogP contribution in [-0.4, -0.2) is 24.3 Å². The second-order valence-corrected chi connectivity index (χ2v) is 8.12. The second-order valence-electron chi connectivity index (χ2n) is 7.68. The van der Waals surface area contributed by atoms with Gasteiger partial charge in [-0.2, -0.15) is 0 Å². The van der Waals surface area contributed by atoms with Crippen LogP contribution in [0, 0.1) is 5.92 Å². The minimum Gasteiger partial charge on any atom is -0.456 e. The second kappa shape index (κ2) is 12.1. The zero-order valence-electron chi connectivity index (χ0n) is 17.8. The van der Waals surface area contributed by atoms with E-state index in [1.165, 1.54) is 0 Å². The highest BCUT2D eigenvalue weighted by molar-refractivity contribution is 6.30. The van der Waals surface area contributed by atoms with Crippen molar-refractivity contribution in [3.8, 4) is 0 Å². The Morgan fingerprint density at radius 1 is 1.06 bits per heavy atom. The minimum absolute atomic E-state index is 0.0690. The Hall–Kier alpha value is -3.12. The molecular weight excluding hydrogens is 428 g/mol. The van der Waals surface area contributed by atoms with Crippen molar-refractivity contribution in [2.24, 2.45) is 5.92 Å². The van der Waals surface area contributed by atoms with E-state index in [4.69, 9.17) is 16.3 Å². The molecule has 168 valence electrons. The van der Waals surface area contributed by atoms with Crippen molar-refractivity contribution in [2.45, 2.75) is 38.3 Å². The van der Waals surface area contributed by atoms with E-state index in [0.29, 0.717) is 24.4 Å². The molecule has 0 aromatic heterocycles. The summed E-state index contributed by atoms with van der Waals surface area (Å²) < 4.78 is 5.59. The SMILES string of the molecule is O=C(C[C@H]1C/C=C/CCC(=O)O[C@H](c2ccccc2)CNC1=O)NCc1ccc(Cl)cc1. The molecule has 0 radical (unpaired) electrons. The predicted molar refractivity (Wildman–Crippen MR) is 123 cm³/mol. The van der Waals surface area contributed by atoms with Gasteiger partial charge in [0.25, 0.3) is 0 Å². The molecule has 6 nitrogen and oxygen atoms in total. The number of nitrogens with one attached hydrogen (secondary N) is 2. The van der Waals surface area contributed by atoms with Crippen LogP contribution in [0.3, 0.4) is 0 Å². The van der Waals surface area contributed by atoms with E-state index in [-0.39, 0.29) is 37.2 Å². The van der Waals surface area contributed by atoms with Gasteiger partial charge in [-0.3, -0.25) is 14.4 Å². The third-order valence-corrected chi connectivity index (χ3v) is 5.47. The zero-order valence-corrected chi connectivity index (χ0v) is 18.5. The monoisotopic (exact) mass is 454 g/mol. The van der Waals surface area contributed by atoms with Gasteiger partial charge in [0, 0.05) is 24.4 Å². The Labute approximate surface area is 193 Å². The third-order valence-electron chi connectivity index (χ3n) is 5.21. The lowest BCUT2D eigenvalue weighted by Crippen LogP contribution is -2.37. The molecule has 2 amide bonds. The van der Waals surface area contributed by atoms with Crippen molar-refractivity contribution in [2.75, 3.05) is 6.54 Å². The van der Waals surface area contributed by atoms with E-state index < -0.39 is 12.0 Å². The quantitative estimate of drug-likeness (QED) is 0.526. The van der Waals surface area contributed by atoms with Crippen molar-refractivity contribution in [1.29, 1.82) is 0 Å².